The topological polar surface area (TPSA) is 152 Å². The number of ether oxygens (including phenoxy) is 3. The van der Waals surface area contributed by atoms with Gasteiger partial charge in [0.2, 0.25) is 5.91 Å². The lowest BCUT2D eigenvalue weighted by molar-refractivity contribution is -0.145. The Balaban J connectivity index is 1.26. The second kappa shape index (κ2) is 18.1. The van der Waals surface area contributed by atoms with E-state index in [9.17, 15) is 15.0 Å². The van der Waals surface area contributed by atoms with Gasteiger partial charge in [0.25, 0.3) is 5.91 Å². The van der Waals surface area contributed by atoms with Gasteiger partial charge < -0.3 is 29.7 Å². The predicted molar refractivity (Wildman–Crippen MR) is 242 cm³/mol. The third kappa shape index (κ3) is 7.83. The number of nitrogens with one attached hydrogen (secondary N) is 1. The van der Waals surface area contributed by atoms with Crippen LogP contribution in [-0.4, -0.2) is 90.7 Å². The molecular formula is C48H58N6O7Si. The number of aryl methyl sites for hydroxylation is 1. The third-order valence-electron chi connectivity index (χ3n) is 13.1. The Labute approximate surface area is 364 Å². The van der Waals surface area contributed by atoms with Gasteiger partial charge in [0.05, 0.1) is 51.0 Å². The minimum atomic E-state index is -2.47. The Bertz CT molecular complexity index is 2380. The highest BCUT2D eigenvalue weighted by molar-refractivity contribution is 6.91. The van der Waals surface area contributed by atoms with E-state index < -0.39 is 19.7 Å². The van der Waals surface area contributed by atoms with Crippen molar-refractivity contribution in [2.24, 2.45) is 5.92 Å². The maximum atomic E-state index is 15.7. The van der Waals surface area contributed by atoms with E-state index in [-0.39, 0.29) is 42.6 Å². The second-order valence-corrected chi connectivity index (χ2v) is 21.8. The van der Waals surface area contributed by atoms with Crippen LogP contribution in [0, 0.1) is 5.92 Å². The van der Waals surface area contributed by atoms with Crippen molar-refractivity contribution >= 4 is 47.8 Å². The molecule has 13 nitrogen and oxygen atoms in total. The number of aliphatic hydroxyl groups excluding tert-OH is 2. The number of nitrogens with zero attached hydrogens (tertiary/aromatic N) is 5. The molecule has 326 valence electrons. The van der Waals surface area contributed by atoms with E-state index in [0.717, 1.165) is 46.1 Å². The van der Waals surface area contributed by atoms with Crippen molar-refractivity contribution < 1.29 is 34.0 Å². The highest BCUT2D eigenvalue weighted by atomic mass is 28.3. The lowest BCUT2D eigenvalue weighted by Crippen LogP contribution is -2.51. The highest BCUT2D eigenvalue weighted by Crippen LogP contribution is 2.61. The van der Waals surface area contributed by atoms with Crippen molar-refractivity contribution in [3.8, 4) is 11.5 Å². The smallest absolute Gasteiger partial charge is 0.268 e. The lowest BCUT2D eigenvalue weighted by Gasteiger charge is -2.37. The van der Waals surface area contributed by atoms with Crippen LogP contribution in [0.25, 0.3) is 0 Å². The van der Waals surface area contributed by atoms with E-state index in [0.29, 0.717) is 56.8 Å². The molecule has 1 fully saturated rings. The number of carbonyl (C=O) groups is 2. The third-order valence-corrected chi connectivity index (χ3v) is 17.5. The quantitative estimate of drug-likeness (QED) is 0.0734. The maximum absolute atomic E-state index is 15.7. The van der Waals surface area contributed by atoms with Gasteiger partial charge in [-0.2, -0.15) is 0 Å². The zero-order chi connectivity index (χ0) is 43.6. The zero-order valence-corrected chi connectivity index (χ0v) is 37.3. The van der Waals surface area contributed by atoms with E-state index in [2.05, 4.69) is 47.8 Å². The number of carbonyl (C=O) groups excluding carboxylic acids is 2. The van der Waals surface area contributed by atoms with Crippen LogP contribution in [0.2, 0.25) is 18.6 Å². The summed E-state index contributed by atoms with van der Waals surface area (Å²) in [5.74, 6) is 0.980. The van der Waals surface area contributed by atoms with Crippen LogP contribution in [0.5, 0.6) is 11.5 Å². The molecule has 4 heterocycles. The van der Waals surface area contributed by atoms with E-state index in [4.69, 9.17) is 14.2 Å². The summed E-state index contributed by atoms with van der Waals surface area (Å²) in [7, 11) is -0.807. The average Bonchev–Trinajstić information content (AvgIpc) is 3.94. The number of methoxy groups -OCH3 is 1. The fourth-order valence-corrected chi connectivity index (χ4v) is 14.2. The van der Waals surface area contributed by atoms with Gasteiger partial charge in [-0.15, -0.1) is 5.10 Å². The number of fused-ring (bicyclic) bond motifs is 3. The first-order valence-corrected chi connectivity index (χ1v) is 24.9. The van der Waals surface area contributed by atoms with Gasteiger partial charge in [0, 0.05) is 55.2 Å². The first-order valence-electron chi connectivity index (χ1n) is 21.9. The van der Waals surface area contributed by atoms with E-state index >= 15 is 4.79 Å². The molecule has 62 heavy (non-hydrogen) atoms. The average molecular weight is 859 g/mol. The minimum absolute atomic E-state index is 0.0136. The maximum Gasteiger partial charge on any atom is 0.268 e. The number of hydrogen-bond acceptors (Lipinski definition) is 10. The first kappa shape index (κ1) is 43.3. The summed E-state index contributed by atoms with van der Waals surface area (Å²) in [6.45, 7) is 10.5. The minimum Gasteiger partial charge on any atom is -0.497 e. The molecule has 3 aliphatic heterocycles. The van der Waals surface area contributed by atoms with E-state index in [1.54, 1.807) is 21.6 Å². The molecule has 0 radical (unpaired) electrons. The summed E-state index contributed by atoms with van der Waals surface area (Å²) in [5, 5.41) is 32.3. The van der Waals surface area contributed by atoms with Gasteiger partial charge in [-0.3, -0.25) is 24.1 Å². The summed E-state index contributed by atoms with van der Waals surface area (Å²) < 4.78 is 20.7. The van der Waals surface area contributed by atoms with E-state index in [1.165, 1.54) is 5.19 Å². The van der Waals surface area contributed by atoms with Crippen LogP contribution in [0.4, 0.5) is 22.7 Å². The second-order valence-electron chi connectivity index (χ2n) is 17.1. The zero-order valence-electron chi connectivity index (χ0n) is 36.3. The highest BCUT2D eigenvalue weighted by Gasteiger charge is 2.66. The predicted octanol–water partition coefficient (Wildman–Crippen LogP) is 6.16. The van der Waals surface area contributed by atoms with Crippen molar-refractivity contribution in [1.82, 2.24) is 20.3 Å². The monoisotopic (exact) mass is 858 g/mol. The number of anilines is 4. The molecule has 8 rings (SSSR count). The SMILES string of the molecule is CCOc1ccc2c(c1)CC(NCCCCO)C(=O)N2c1ccc2c(c1)[C@@]1(O[C@H](CCn3cc(CCO)nn3)[C@@H]([Si](C)(C)c3ccc(OC)cc3)[C@@H]1C)C(=O)N2c1ccccc1. The van der Waals surface area contributed by atoms with Gasteiger partial charge in [-0.25, -0.2) is 0 Å². The van der Waals surface area contributed by atoms with Crippen LogP contribution >= 0.6 is 0 Å². The number of aromatic nitrogens is 3. The molecule has 4 aromatic carbocycles. The molecule has 1 saturated heterocycles. The summed E-state index contributed by atoms with van der Waals surface area (Å²) >= 11 is 0. The Morgan fingerprint density at radius 1 is 0.903 bits per heavy atom. The van der Waals surface area contributed by atoms with Crippen LogP contribution in [0.3, 0.4) is 0 Å². The Hall–Kier alpha value is -5.38. The molecule has 1 spiro atoms. The molecule has 14 heteroatoms. The van der Waals surface area contributed by atoms with Crippen molar-refractivity contribution in [2.75, 3.05) is 43.3 Å². The van der Waals surface area contributed by atoms with Crippen LogP contribution in [0.1, 0.15) is 49.9 Å². The summed E-state index contributed by atoms with van der Waals surface area (Å²) in [5.41, 5.74) is 3.86. The number of hydrogen-bond donors (Lipinski definition) is 3. The molecule has 5 aromatic rings. The first-order chi connectivity index (χ1) is 30.0. The lowest BCUT2D eigenvalue weighted by atomic mass is 9.82. The van der Waals surface area contributed by atoms with Crippen LogP contribution < -0.4 is 29.8 Å². The number of aliphatic hydroxyl groups is 2. The number of para-hydroxylation sites is 1. The number of unbranched alkanes of at least 4 members (excludes halogenated alkanes) is 1. The molecule has 1 unspecified atom stereocenters. The Morgan fingerprint density at radius 3 is 2.39 bits per heavy atom. The summed E-state index contributed by atoms with van der Waals surface area (Å²) in [6, 6.07) is 29.3. The summed E-state index contributed by atoms with van der Waals surface area (Å²) in [4.78, 5) is 34.0. The number of rotatable bonds is 17. The van der Waals surface area contributed by atoms with E-state index in [1.807, 2.05) is 92.0 Å². The standard InChI is InChI=1S/C48H58N6O7Si/c1-6-60-38-17-21-42-33(28-38)29-41(49-24-10-11-26-55)46(57)53(42)36-14-20-43-40(30-36)48(47(58)54(43)35-12-8-7-9-13-35)32(2)45(62(4,5)39-18-15-37(59-3)16-19-39)44(61-48)22-25-52-31-34(23-27-56)50-51-52/h7-9,12-21,28,30-32,41,44-45,49,55-56H,6,10-11,22-27,29H2,1-5H3/t32-,41?,44+,45-,48+/m0/s1. The Morgan fingerprint density at radius 2 is 1.66 bits per heavy atom. The largest absolute Gasteiger partial charge is 0.497 e. The van der Waals surface area contributed by atoms with Crippen LogP contribution in [-0.2, 0) is 39.3 Å². The fourth-order valence-electron chi connectivity index (χ4n) is 10.1. The van der Waals surface area contributed by atoms with Crippen molar-refractivity contribution in [3.05, 3.63) is 114 Å². The summed E-state index contributed by atoms with van der Waals surface area (Å²) in [6.07, 6.45) is 4.37. The molecule has 2 amide bonds. The molecular weight excluding hydrogens is 801 g/mol. The van der Waals surface area contributed by atoms with Gasteiger partial charge in [0.1, 0.15) is 11.5 Å². The Kier molecular flexibility index (Phi) is 12.7. The number of amides is 2. The van der Waals surface area contributed by atoms with Gasteiger partial charge in [-0.1, -0.05) is 60.7 Å². The molecule has 0 saturated carbocycles. The van der Waals surface area contributed by atoms with Crippen molar-refractivity contribution in [3.63, 3.8) is 0 Å². The van der Waals surface area contributed by atoms with Crippen molar-refractivity contribution in [1.29, 1.82) is 0 Å². The van der Waals surface area contributed by atoms with Gasteiger partial charge >= 0.3 is 0 Å². The fraction of sp³-hybridized carbons (Fsp3) is 0.417. The van der Waals surface area contributed by atoms with Gasteiger partial charge in [0.15, 0.2) is 5.60 Å². The molecule has 5 atom stereocenters. The van der Waals surface area contributed by atoms with Crippen molar-refractivity contribution in [2.45, 2.75) is 88.9 Å². The van der Waals surface area contributed by atoms with Gasteiger partial charge in [-0.05, 0) is 111 Å². The molecule has 3 N–H and O–H groups in total. The molecule has 0 bridgehead atoms. The molecule has 1 aromatic heterocycles. The molecule has 0 aliphatic carbocycles. The normalized spacial score (nSPS) is 22.0. The van der Waals surface area contributed by atoms with Crippen LogP contribution in [0.15, 0.2) is 97.2 Å². The number of benzene rings is 4. The molecule has 3 aliphatic rings.